The summed E-state index contributed by atoms with van der Waals surface area (Å²) in [4.78, 5) is 23.8. The predicted octanol–water partition coefficient (Wildman–Crippen LogP) is 5.42. The van der Waals surface area contributed by atoms with Crippen LogP contribution in [0.5, 0.6) is 0 Å². The number of nitrogens with one attached hydrogen (secondary N) is 1. The van der Waals surface area contributed by atoms with Crippen molar-refractivity contribution in [3.8, 4) is 10.4 Å². The van der Waals surface area contributed by atoms with Gasteiger partial charge in [0.05, 0.1) is 10.4 Å². The fourth-order valence-corrected chi connectivity index (χ4v) is 4.96. The molecule has 5 nitrogen and oxygen atoms in total. The summed E-state index contributed by atoms with van der Waals surface area (Å²) in [6.45, 7) is 3.28. The van der Waals surface area contributed by atoms with E-state index in [1.807, 2.05) is 42.3 Å². The number of H-pyrrole nitrogens is 1. The lowest BCUT2D eigenvalue weighted by molar-refractivity contribution is 0.0745. The van der Waals surface area contributed by atoms with E-state index in [0.29, 0.717) is 41.8 Å². The van der Waals surface area contributed by atoms with E-state index in [9.17, 15) is 9.18 Å². The molecule has 2 aromatic heterocycles. The van der Waals surface area contributed by atoms with Crippen molar-refractivity contribution >= 4 is 33.3 Å². The molecule has 1 fully saturated rings. The van der Waals surface area contributed by atoms with Gasteiger partial charge < -0.3 is 15.6 Å². The summed E-state index contributed by atoms with van der Waals surface area (Å²) >= 11 is 1.35. The fourth-order valence-electron chi connectivity index (χ4n) is 4.14. The zero-order valence-electron chi connectivity index (χ0n) is 17.9. The Morgan fingerprint density at radius 2 is 2.09 bits per heavy atom. The van der Waals surface area contributed by atoms with Crippen LogP contribution >= 0.6 is 11.3 Å². The Morgan fingerprint density at radius 1 is 1.28 bits per heavy atom. The van der Waals surface area contributed by atoms with Crippen molar-refractivity contribution in [2.45, 2.75) is 26.2 Å². The lowest BCUT2D eigenvalue weighted by Crippen LogP contribution is -2.35. The molecule has 1 amide bonds. The van der Waals surface area contributed by atoms with Gasteiger partial charge in [-0.05, 0) is 49.3 Å². The van der Waals surface area contributed by atoms with Crippen LogP contribution in [0.4, 0.5) is 9.52 Å². The van der Waals surface area contributed by atoms with Crippen molar-refractivity contribution < 1.29 is 9.18 Å². The first kappa shape index (κ1) is 20.7. The number of nitrogens with two attached hydrogens (primary N) is 1. The fraction of sp³-hybridized carbons (Fsp3) is 0.280. The molecular weight excluding hydrogens is 423 g/mol. The number of aromatic nitrogens is 2. The van der Waals surface area contributed by atoms with Gasteiger partial charge in [0, 0.05) is 24.7 Å². The normalized spacial score (nSPS) is 13.6. The Balaban J connectivity index is 1.42. The molecule has 0 spiro atoms. The Morgan fingerprint density at radius 3 is 2.88 bits per heavy atom. The minimum Gasteiger partial charge on any atom is -0.375 e. The first-order chi connectivity index (χ1) is 15.5. The van der Waals surface area contributed by atoms with E-state index in [1.54, 1.807) is 6.07 Å². The number of anilines is 1. The number of thiazole rings is 1. The number of hydrogen-bond donors (Lipinski definition) is 2. The maximum atomic E-state index is 14.0. The summed E-state index contributed by atoms with van der Waals surface area (Å²) in [6, 6.07) is 13.1. The maximum absolute atomic E-state index is 14.0. The van der Waals surface area contributed by atoms with Gasteiger partial charge in [-0.25, -0.2) is 9.37 Å². The summed E-state index contributed by atoms with van der Waals surface area (Å²) in [5.74, 6) is 0.186. The number of fused-ring (bicyclic) bond motifs is 1. The van der Waals surface area contributed by atoms with Gasteiger partial charge in [-0.2, -0.15) is 0 Å². The zero-order chi connectivity index (χ0) is 22.2. The number of nitrogens with zero attached hydrogens (tertiary/aromatic N) is 2. The zero-order valence-corrected chi connectivity index (χ0v) is 18.7. The molecule has 1 aliphatic rings. The van der Waals surface area contributed by atoms with Crippen LogP contribution in [-0.4, -0.2) is 33.9 Å². The van der Waals surface area contributed by atoms with Crippen LogP contribution in [0.2, 0.25) is 0 Å². The van der Waals surface area contributed by atoms with Crippen LogP contribution in [0.25, 0.3) is 21.3 Å². The summed E-state index contributed by atoms with van der Waals surface area (Å²) in [6.07, 6.45) is 4.77. The van der Waals surface area contributed by atoms with Crippen molar-refractivity contribution in [3.05, 3.63) is 71.3 Å². The van der Waals surface area contributed by atoms with Crippen LogP contribution in [-0.2, 0) is 6.42 Å². The molecule has 4 aromatic rings. The molecule has 0 unspecified atom stereocenters. The van der Waals surface area contributed by atoms with Crippen molar-refractivity contribution in [2.24, 2.45) is 5.92 Å². The second-order valence-corrected chi connectivity index (χ2v) is 9.55. The molecule has 0 atom stereocenters. The molecule has 2 aromatic carbocycles. The van der Waals surface area contributed by atoms with Crippen molar-refractivity contribution in [3.63, 3.8) is 0 Å². The number of benzene rings is 2. The van der Waals surface area contributed by atoms with E-state index >= 15 is 0 Å². The van der Waals surface area contributed by atoms with E-state index in [2.05, 4.69) is 16.0 Å². The highest BCUT2D eigenvalue weighted by molar-refractivity contribution is 7.19. The second kappa shape index (κ2) is 8.39. The monoisotopic (exact) mass is 448 g/mol. The van der Waals surface area contributed by atoms with Crippen molar-refractivity contribution in [1.29, 1.82) is 0 Å². The van der Waals surface area contributed by atoms with Gasteiger partial charge in [-0.15, -0.1) is 0 Å². The van der Waals surface area contributed by atoms with Gasteiger partial charge in [0.25, 0.3) is 5.91 Å². The minimum absolute atomic E-state index is 0.0904. The van der Waals surface area contributed by atoms with E-state index in [1.165, 1.54) is 17.4 Å². The molecule has 0 aliphatic heterocycles. The van der Waals surface area contributed by atoms with Gasteiger partial charge in [0.2, 0.25) is 0 Å². The molecule has 1 saturated carbocycles. The first-order valence-corrected chi connectivity index (χ1v) is 11.7. The number of carbonyl (C=O) groups excluding carboxylic acids is 1. The van der Waals surface area contributed by atoms with Crippen LogP contribution in [0, 0.1) is 18.7 Å². The lowest BCUT2D eigenvalue weighted by Gasteiger charge is -2.22. The number of rotatable bonds is 7. The van der Waals surface area contributed by atoms with Gasteiger partial charge in [0.1, 0.15) is 11.5 Å². The second-order valence-electron chi connectivity index (χ2n) is 8.52. The molecule has 5 rings (SSSR count). The number of amides is 1. The van der Waals surface area contributed by atoms with Gasteiger partial charge >= 0.3 is 0 Å². The van der Waals surface area contributed by atoms with Gasteiger partial charge in [-0.1, -0.05) is 53.3 Å². The molecule has 3 N–H and O–H groups in total. The van der Waals surface area contributed by atoms with Gasteiger partial charge in [-0.3, -0.25) is 4.79 Å². The van der Waals surface area contributed by atoms with Crippen LogP contribution in [0.1, 0.15) is 34.5 Å². The summed E-state index contributed by atoms with van der Waals surface area (Å²) < 4.78 is 14.0. The number of aryl methyl sites for hydroxylation is 1. The minimum atomic E-state index is -0.264. The molecule has 2 heterocycles. The predicted molar refractivity (Wildman–Crippen MR) is 127 cm³/mol. The average Bonchev–Trinajstić information content (AvgIpc) is 3.36. The molecule has 0 bridgehead atoms. The highest BCUT2D eigenvalue weighted by Gasteiger charge is 2.30. The number of hydrogen-bond acceptors (Lipinski definition) is 4. The highest BCUT2D eigenvalue weighted by atomic mass is 32.1. The third-order valence-electron chi connectivity index (χ3n) is 5.99. The largest absolute Gasteiger partial charge is 0.375 e. The molecule has 0 saturated heterocycles. The smallest absolute Gasteiger partial charge is 0.274 e. The Hall–Kier alpha value is -3.19. The number of nitrogen functional groups attached to an aromatic ring is 1. The van der Waals surface area contributed by atoms with Gasteiger partial charge in [0.15, 0.2) is 5.13 Å². The van der Waals surface area contributed by atoms with Crippen LogP contribution in [0.15, 0.2) is 48.7 Å². The van der Waals surface area contributed by atoms with Crippen LogP contribution in [0.3, 0.4) is 0 Å². The topological polar surface area (TPSA) is 75.0 Å². The Labute approximate surface area is 190 Å². The quantitative estimate of drug-likeness (QED) is 0.397. The molecule has 32 heavy (non-hydrogen) atoms. The van der Waals surface area contributed by atoms with E-state index in [-0.39, 0.29) is 11.7 Å². The third-order valence-corrected chi connectivity index (χ3v) is 6.92. The molecule has 7 heteroatoms. The number of halogens is 1. The number of para-hydroxylation sites is 1. The molecule has 164 valence electrons. The Kier molecular flexibility index (Phi) is 5.43. The summed E-state index contributed by atoms with van der Waals surface area (Å²) in [5, 5.41) is 1.26. The molecular formula is C25H25FN4OS. The van der Waals surface area contributed by atoms with Crippen molar-refractivity contribution in [2.75, 3.05) is 18.8 Å². The first-order valence-electron chi connectivity index (χ1n) is 10.9. The van der Waals surface area contributed by atoms with Crippen LogP contribution < -0.4 is 5.73 Å². The third kappa shape index (κ3) is 4.12. The molecule has 1 aliphatic carbocycles. The summed E-state index contributed by atoms with van der Waals surface area (Å²) in [5.41, 5.74) is 10.0. The SMILES string of the molecule is Cc1cccc(-c2sc(N)nc2C(=O)N(CCc2c[nH]c3c(F)cccc23)CC2CC2)c1. The number of carbonyl (C=O) groups is 1. The molecule has 0 radical (unpaired) electrons. The summed E-state index contributed by atoms with van der Waals surface area (Å²) in [7, 11) is 0. The van der Waals surface area contributed by atoms with E-state index in [0.717, 1.165) is 39.8 Å². The standard InChI is InChI=1S/C25H25FN4OS/c1-15-4-2-5-17(12-15)23-22(29-25(27)32-23)24(31)30(14-16-8-9-16)11-10-18-13-28-21-19(18)6-3-7-20(21)26/h2-7,12-13,16,28H,8-11,14H2,1H3,(H2,27,29). The van der Waals surface area contributed by atoms with Crippen molar-refractivity contribution in [1.82, 2.24) is 14.9 Å². The van der Waals surface area contributed by atoms with E-state index in [4.69, 9.17) is 5.73 Å². The highest BCUT2D eigenvalue weighted by Crippen LogP contribution is 2.35. The number of aromatic amines is 1. The maximum Gasteiger partial charge on any atom is 0.274 e. The average molecular weight is 449 g/mol. The van der Waals surface area contributed by atoms with E-state index < -0.39 is 0 Å². The Bertz CT molecular complexity index is 1290. The lowest BCUT2D eigenvalue weighted by atomic mass is 10.1.